The van der Waals surface area contributed by atoms with E-state index in [2.05, 4.69) is 4.90 Å². The Morgan fingerprint density at radius 1 is 1.08 bits per heavy atom. The summed E-state index contributed by atoms with van der Waals surface area (Å²) < 4.78 is 0. The molecule has 0 aromatic heterocycles. The Morgan fingerprint density at radius 2 is 1.76 bits per heavy atom. The largest absolute Gasteiger partial charge is 0.340 e. The molecule has 0 spiro atoms. The SMILES string of the molecule is CC(=O)N1CCCC1C1CCCN1CC(=O)N(C)Cc1ccccc1. The maximum Gasteiger partial charge on any atom is 0.236 e. The van der Waals surface area contributed by atoms with Crippen LogP contribution in [0.3, 0.4) is 0 Å². The molecule has 2 heterocycles. The normalized spacial score (nSPS) is 23.8. The van der Waals surface area contributed by atoms with Crippen molar-refractivity contribution in [3.63, 3.8) is 0 Å². The van der Waals surface area contributed by atoms with E-state index in [-0.39, 0.29) is 17.9 Å². The number of carbonyl (C=O) groups is 2. The highest BCUT2D eigenvalue weighted by Crippen LogP contribution is 2.30. The van der Waals surface area contributed by atoms with E-state index in [0.29, 0.717) is 19.1 Å². The zero-order chi connectivity index (χ0) is 17.8. The van der Waals surface area contributed by atoms with E-state index in [1.807, 2.05) is 47.2 Å². The number of likely N-dealkylation sites (tertiary alicyclic amines) is 2. The third kappa shape index (κ3) is 4.21. The first kappa shape index (κ1) is 17.9. The van der Waals surface area contributed by atoms with E-state index >= 15 is 0 Å². The summed E-state index contributed by atoms with van der Waals surface area (Å²) in [6.45, 7) is 4.58. The van der Waals surface area contributed by atoms with Crippen molar-refractivity contribution in [2.75, 3.05) is 26.7 Å². The molecule has 2 aliphatic rings. The van der Waals surface area contributed by atoms with Gasteiger partial charge in [0.1, 0.15) is 0 Å². The van der Waals surface area contributed by atoms with Gasteiger partial charge in [-0.05, 0) is 37.8 Å². The van der Waals surface area contributed by atoms with E-state index in [9.17, 15) is 9.59 Å². The van der Waals surface area contributed by atoms with Crippen LogP contribution in [0.15, 0.2) is 30.3 Å². The molecule has 1 aromatic rings. The minimum Gasteiger partial charge on any atom is -0.340 e. The van der Waals surface area contributed by atoms with E-state index in [0.717, 1.165) is 44.3 Å². The smallest absolute Gasteiger partial charge is 0.236 e. The predicted octanol–water partition coefficient (Wildman–Crippen LogP) is 2.12. The van der Waals surface area contributed by atoms with Gasteiger partial charge < -0.3 is 9.80 Å². The summed E-state index contributed by atoms with van der Waals surface area (Å²) in [6, 6.07) is 10.7. The van der Waals surface area contributed by atoms with Crippen LogP contribution in [0.2, 0.25) is 0 Å². The molecule has 3 rings (SSSR count). The average Bonchev–Trinajstić information content (AvgIpc) is 3.24. The number of likely N-dealkylation sites (N-methyl/N-ethyl adjacent to an activating group) is 1. The van der Waals surface area contributed by atoms with Gasteiger partial charge in [0.15, 0.2) is 0 Å². The van der Waals surface area contributed by atoms with Crippen LogP contribution in [-0.2, 0) is 16.1 Å². The molecule has 5 heteroatoms. The second kappa shape index (κ2) is 8.00. The molecule has 2 atom stereocenters. The number of amides is 2. The van der Waals surface area contributed by atoms with E-state index in [1.165, 1.54) is 0 Å². The summed E-state index contributed by atoms with van der Waals surface area (Å²) in [7, 11) is 1.87. The highest BCUT2D eigenvalue weighted by molar-refractivity contribution is 5.78. The van der Waals surface area contributed by atoms with Gasteiger partial charge >= 0.3 is 0 Å². The lowest BCUT2D eigenvalue weighted by molar-refractivity contribution is -0.133. The molecule has 136 valence electrons. The first-order valence-electron chi connectivity index (χ1n) is 9.35. The zero-order valence-electron chi connectivity index (χ0n) is 15.4. The van der Waals surface area contributed by atoms with Gasteiger partial charge in [0, 0.05) is 39.1 Å². The van der Waals surface area contributed by atoms with Crippen LogP contribution >= 0.6 is 0 Å². The molecule has 25 heavy (non-hydrogen) atoms. The van der Waals surface area contributed by atoms with Crippen LogP contribution in [0.5, 0.6) is 0 Å². The first-order chi connectivity index (χ1) is 12.1. The van der Waals surface area contributed by atoms with Crippen molar-refractivity contribution in [1.82, 2.24) is 14.7 Å². The van der Waals surface area contributed by atoms with Crippen LogP contribution in [-0.4, -0.2) is 65.3 Å². The highest BCUT2D eigenvalue weighted by atomic mass is 16.2. The van der Waals surface area contributed by atoms with Crippen LogP contribution < -0.4 is 0 Å². The highest BCUT2D eigenvalue weighted by Gasteiger charge is 2.39. The third-order valence-corrected chi connectivity index (χ3v) is 5.59. The van der Waals surface area contributed by atoms with E-state index in [4.69, 9.17) is 0 Å². The van der Waals surface area contributed by atoms with Crippen molar-refractivity contribution < 1.29 is 9.59 Å². The minimum absolute atomic E-state index is 0.156. The molecule has 0 saturated carbocycles. The van der Waals surface area contributed by atoms with E-state index in [1.54, 1.807) is 6.92 Å². The average molecular weight is 343 g/mol. The molecule has 1 aromatic carbocycles. The molecule has 0 bridgehead atoms. The molecule has 2 saturated heterocycles. The molecule has 2 aliphatic heterocycles. The fourth-order valence-electron chi connectivity index (χ4n) is 4.31. The quantitative estimate of drug-likeness (QED) is 0.823. The molecule has 5 nitrogen and oxygen atoms in total. The summed E-state index contributed by atoms with van der Waals surface area (Å²) in [5.41, 5.74) is 1.15. The van der Waals surface area contributed by atoms with Crippen LogP contribution in [0.25, 0.3) is 0 Å². The van der Waals surface area contributed by atoms with Crippen molar-refractivity contribution in [1.29, 1.82) is 0 Å². The number of rotatable bonds is 5. The minimum atomic E-state index is 0.156. The maximum absolute atomic E-state index is 12.7. The Bertz CT molecular complexity index is 604. The molecule has 0 N–H and O–H groups in total. The van der Waals surface area contributed by atoms with Crippen LogP contribution in [0.4, 0.5) is 0 Å². The summed E-state index contributed by atoms with van der Waals surface area (Å²) in [6.07, 6.45) is 4.35. The van der Waals surface area contributed by atoms with Gasteiger partial charge in [0.25, 0.3) is 0 Å². The van der Waals surface area contributed by atoms with Gasteiger partial charge in [0.2, 0.25) is 11.8 Å². The monoisotopic (exact) mass is 343 g/mol. The second-order valence-corrected chi connectivity index (χ2v) is 7.34. The lowest BCUT2D eigenvalue weighted by Gasteiger charge is -2.35. The summed E-state index contributed by atoms with van der Waals surface area (Å²) in [4.78, 5) is 30.7. The standard InChI is InChI=1S/C20H29N3O2/c1-16(24)23-13-7-11-19(23)18-10-6-12-22(18)15-20(25)21(2)14-17-8-4-3-5-9-17/h3-5,8-9,18-19H,6-7,10-15H2,1-2H3. The van der Waals surface area contributed by atoms with Crippen LogP contribution in [0, 0.1) is 0 Å². The lowest BCUT2D eigenvalue weighted by Crippen LogP contribution is -2.50. The predicted molar refractivity (Wildman–Crippen MR) is 97.9 cm³/mol. The van der Waals surface area contributed by atoms with Gasteiger partial charge in [-0.1, -0.05) is 30.3 Å². The Labute approximate surface area is 150 Å². The van der Waals surface area contributed by atoms with Crippen molar-refractivity contribution in [3.05, 3.63) is 35.9 Å². The number of hydrogen-bond acceptors (Lipinski definition) is 3. The number of hydrogen-bond donors (Lipinski definition) is 0. The molecule has 2 amide bonds. The topological polar surface area (TPSA) is 43.9 Å². The number of nitrogens with zero attached hydrogens (tertiary/aromatic N) is 3. The van der Waals surface area contributed by atoms with Gasteiger partial charge in [0.05, 0.1) is 6.54 Å². The molecule has 2 unspecified atom stereocenters. The molecule has 0 radical (unpaired) electrons. The Morgan fingerprint density at radius 3 is 2.48 bits per heavy atom. The third-order valence-electron chi connectivity index (χ3n) is 5.59. The first-order valence-corrected chi connectivity index (χ1v) is 9.35. The van der Waals surface area contributed by atoms with Gasteiger partial charge in [-0.2, -0.15) is 0 Å². The van der Waals surface area contributed by atoms with Crippen molar-refractivity contribution >= 4 is 11.8 Å². The summed E-state index contributed by atoms with van der Waals surface area (Å²) in [5, 5.41) is 0. The fraction of sp³-hybridized carbons (Fsp3) is 0.600. The van der Waals surface area contributed by atoms with Gasteiger partial charge in [-0.3, -0.25) is 14.5 Å². The van der Waals surface area contributed by atoms with Crippen LogP contribution in [0.1, 0.15) is 38.2 Å². The van der Waals surface area contributed by atoms with Crippen molar-refractivity contribution in [2.45, 2.75) is 51.2 Å². The summed E-state index contributed by atoms with van der Waals surface area (Å²) >= 11 is 0. The second-order valence-electron chi connectivity index (χ2n) is 7.34. The Kier molecular flexibility index (Phi) is 5.74. The molecular weight excluding hydrogens is 314 g/mol. The Balaban J connectivity index is 1.59. The fourth-order valence-corrected chi connectivity index (χ4v) is 4.31. The Hall–Kier alpha value is -1.88. The number of carbonyl (C=O) groups excluding carboxylic acids is 2. The molecule has 0 aliphatic carbocycles. The zero-order valence-corrected chi connectivity index (χ0v) is 15.4. The van der Waals surface area contributed by atoms with Crippen molar-refractivity contribution in [3.8, 4) is 0 Å². The van der Waals surface area contributed by atoms with E-state index < -0.39 is 0 Å². The lowest BCUT2D eigenvalue weighted by atomic mass is 10.0. The molecular formula is C20H29N3O2. The van der Waals surface area contributed by atoms with Gasteiger partial charge in [-0.15, -0.1) is 0 Å². The number of benzene rings is 1. The van der Waals surface area contributed by atoms with Gasteiger partial charge in [-0.25, -0.2) is 0 Å². The molecule has 2 fully saturated rings. The van der Waals surface area contributed by atoms with Crippen molar-refractivity contribution in [2.24, 2.45) is 0 Å². The maximum atomic E-state index is 12.7. The summed E-state index contributed by atoms with van der Waals surface area (Å²) in [5.74, 6) is 0.324.